The Hall–Kier alpha value is -4.34. The molecule has 0 radical (unpaired) electrons. The minimum atomic E-state index is -0.624. The van der Waals surface area contributed by atoms with E-state index in [4.69, 9.17) is 0 Å². The fourth-order valence-electron chi connectivity index (χ4n) is 3.39. The minimum absolute atomic E-state index is 0.0834. The number of rotatable bonds is 5. The standard InChI is InChI=1S/C21H17FN8O/c1-12(27-19-17-18(24-10-23-17)25-11-26-19)20-28-15-9-5-8-14(22)16(15)21(31)30(20)29-13-6-3-2-4-7-13/h2-12,29H,1H3,(H2,23,24,25,26,27)/t12-/m0/s1. The number of hydrogen-bond acceptors (Lipinski definition) is 7. The van der Waals surface area contributed by atoms with Crippen LogP contribution >= 0.6 is 0 Å². The molecule has 5 rings (SSSR count). The van der Waals surface area contributed by atoms with Crippen molar-refractivity contribution in [3.05, 3.63) is 83.2 Å². The third kappa shape index (κ3) is 3.33. The van der Waals surface area contributed by atoms with Crippen LogP contribution in [0, 0.1) is 5.82 Å². The van der Waals surface area contributed by atoms with Crippen LogP contribution in [-0.2, 0) is 0 Å². The van der Waals surface area contributed by atoms with Gasteiger partial charge in [0.2, 0.25) is 0 Å². The van der Waals surface area contributed by atoms with Crippen molar-refractivity contribution in [3.63, 3.8) is 0 Å². The van der Waals surface area contributed by atoms with Gasteiger partial charge in [-0.05, 0) is 31.2 Å². The molecule has 0 aliphatic rings. The number of aromatic nitrogens is 6. The number of aromatic amines is 1. The Morgan fingerprint density at radius 1 is 1.06 bits per heavy atom. The Balaban J connectivity index is 1.64. The lowest BCUT2D eigenvalue weighted by Gasteiger charge is -2.21. The molecule has 5 aromatic rings. The number of imidazole rings is 1. The molecule has 0 spiro atoms. The topological polar surface area (TPSA) is 113 Å². The highest BCUT2D eigenvalue weighted by atomic mass is 19.1. The van der Waals surface area contributed by atoms with Gasteiger partial charge < -0.3 is 10.3 Å². The molecular weight excluding hydrogens is 399 g/mol. The number of halogens is 1. The Morgan fingerprint density at radius 2 is 1.90 bits per heavy atom. The van der Waals surface area contributed by atoms with Gasteiger partial charge in [-0.3, -0.25) is 10.2 Å². The van der Waals surface area contributed by atoms with E-state index in [1.165, 1.54) is 29.5 Å². The van der Waals surface area contributed by atoms with Crippen LogP contribution in [0.25, 0.3) is 22.1 Å². The molecule has 0 amide bonds. The van der Waals surface area contributed by atoms with E-state index >= 15 is 0 Å². The van der Waals surface area contributed by atoms with Crippen molar-refractivity contribution >= 4 is 33.6 Å². The number of para-hydroxylation sites is 1. The Bertz CT molecular complexity index is 1450. The molecule has 154 valence electrons. The van der Waals surface area contributed by atoms with E-state index in [0.29, 0.717) is 28.5 Å². The van der Waals surface area contributed by atoms with Crippen LogP contribution in [0.3, 0.4) is 0 Å². The van der Waals surface area contributed by atoms with Gasteiger partial charge in [-0.2, -0.15) is 0 Å². The molecule has 10 heteroatoms. The molecular formula is C21H17FN8O. The summed E-state index contributed by atoms with van der Waals surface area (Å²) in [7, 11) is 0. The maximum Gasteiger partial charge on any atom is 0.283 e. The van der Waals surface area contributed by atoms with Crippen LogP contribution < -0.4 is 16.3 Å². The zero-order valence-electron chi connectivity index (χ0n) is 16.4. The minimum Gasteiger partial charge on any atom is -0.358 e. The summed E-state index contributed by atoms with van der Waals surface area (Å²) in [6.07, 6.45) is 2.93. The highest BCUT2D eigenvalue weighted by molar-refractivity contribution is 5.82. The van der Waals surface area contributed by atoms with Gasteiger partial charge in [0.1, 0.15) is 23.0 Å². The molecule has 2 aromatic carbocycles. The zero-order chi connectivity index (χ0) is 21.4. The Morgan fingerprint density at radius 3 is 2.74 bits per heavy atom. The number of benzene rings is 2. The second-order valence-corrected chi connectivity index (χ2v) is 6.91. The highest BCUT2D eigenvalue weighted by Crippen LogP contribution is 2.22. The average Bonchev–Trinajstić information content (AvgIpc) is 3.26. The molecule has 31 heavy (non-hydrogen) atoms. The SMILES string of the molecule is C[C@H](Nc1ncnc2nc[nH]c12)c1nc2cccc(F)c2c(=O)n1Nc1ccccc1. The maximum absolute atomic E-state index is 14.5. The van der Waals surface area contributed by atoms with Crippen LogP contribution in [0.4, 0.5) is 15.9 Å². The summed E-state index contributed by atoms with van der Waals surface area (Å²) < 4.78 is 15.7. The van der Waals surface area contributed by atoms with Crippen molar-refractivity contribution in [1.29, 1.82) is 0 Å². The van der Waals surface area contributed by atoms with Crippen LogP contribution in [0.15, 0.2) is 66.0 Å². The van der Waals surface area contributed by atoms with Crippen molar-refractivity contribution < 1.29 is 4.39 Å². The first kappa shape index (κ1) is 18.7. The van der Waals surface area contributed by atoms with E-state index in [9.17, 15) is 9.18 Å². The van der Waals surface area contributed by atoms with Gasteiger partial charge in [0.05, 0.1) is 23.6 Å². The molecule has 0 saturated heterocycles. The first-order valence-corrected chi connectivity index (χ1v) is 9.55. The number of nitrogens with zero attached hydrogens (tertiary/aromatic N) is 5. The zero-order valence-corrected chi connectivity index (χ0v) is 16.4. The maximum atomic E-state index is 14.5. The van der Waals surface area contributed by atoms with E-state index in [2.05, 4.69) is 35.7 Å². The van der Waals surface area contributed by atoms with Gasteiger partial charge in [-0.15, -0.1) is 0 Å². The van der Waals surface area contributed by atoms with Crippen LogP contribution in [-0.4, -0.2) is 29.6 Å². The third-order valence-corrected chi connectivity index (χ3v) is 4.85. The number of anilines is 2. The molecule has 0 fully saturated rings. The summed E-state index contributed by atoms with van der Waals surface area (Å²) in [5, 5.41) is 3.16. The number of H-pyrrole nitrogens is 1. The molecule has 3 heterocycles. The normalized spacial score (nSPS) is 12.2. The first-order chi connectivity index (χ1) is 15.1. The molecule has 1 atom stereocenters. The summed E-state index contributed by atoms with van der Waals surface area (Å²) in [5.74, 6) is 0.244. The smallest absolute Gasteiger partial charge is 0.283 e. The monoisotopic (exact) mass is 416 g/mol. The number of hydrogen-bond donors (Lipinski definition) is 3. The van der Waals surface area contributed by atoms with E-state index in [-0.39, 0.29) is 10.9 Å². The van der Waals surface area contributed by atoms with Gasteiger partial charge in [-0.25, -0.2) is 29.0 Å². The number of fused-ring (bicyclic) bond motifs is 2. The van der Waals surface area contributed by atoms with Crippen LogP contribution in [0.5, 0.6) is 0 Å². The molecule has 9 nitrogen and oxygen atoms in total. The second-order valence-electron chi connectivity index (χ2n) is 6.91. The van der Waals surface area contributed by atoms with E-state index in [1.54, 1.807) is 18.2 Å². The first-order valence-electron chi connectivity index (χ1n) is 9.55. The molecule has 0 aliphatic carbocycles. The van der Waals surface area contributed by atoms with Gasteiger partial charge in [0.15, 0.2) is 17.3 Å². The Kier molecular flexibility index (Phi) is 4.51. The van der Waals surface area contributed by atoms with Crippen molar-refractivity contribution in [2.75, 3.05) is 10.7 Å². The molecule has 0 unspecified atom stereocenters. The summed E-state index contributed by atoms with van der Waals surface area (Å²) in [4.78, 5) is 33.3. The van der Waals surface area contributed by atoms with E-state index < -0.39 is 17.4 Å². The van der Waals surface area contributed by atoms with Crippen molar-refractivity contribution in [2.45, 2.75) is 13.0 Å². The van der Waals surface area contributed by atoms with Gasteiger partial charge in [0.25, 0.3) is 5.56 Å². The molecule has 3 aromatic heterocycles. The second kappa shape index (κ2) is 7.48. The van der Waals surface area contributed by atoms with Gasteiger partial charge >= 0.3 is 0 Å². The highest BCUT2D eigenvalue weighted by Gasteiger charge is 2.20. The number of nitrogens with one attached hydrogen (secondary N) is 3. The fraction of sp³-hybridized carbons (Fsp3) is 0.0952. The lowest BCUT2D eigenvalue weighted by molar-refractivity contribution is 0.632. The predicted octanol–water partition coefficient (Wildman–Crippen LogP) is 3.25. The fourth-order valence-corrected chi connectivity index (χ4v) is 3.39. The van der Waals surface area contributed by atoms with Crippen LogP contribution in [0.2, 0.25) is 0 Å². The molecule has 3 N–H and O–H groups in total. The lowest BCUT2D eigenvalue weighted by Crippen LogP contribution is -2.33. The van der Waals surface area contributed by atoms with E-state index in [0.717, 1.165) is 0 Å². The van der Waals surface area contributed by atoms with Gasteiger partial charge in [-0.1, -0.05) is 24.3 Å². The summed E-state index contributed by atoms with van der Waals surface area (Å²) in [6.45, 7) is 1.83. The average molecular weight is 416 g/mol. The van der Waals surface area contributed by atoms with Crippen molar-refractivity contribution in [2.24, 2.45) is 0 Å². The lowest BCUT2D eigenvalue weighted by atomic mass is 10.2. The van der Waals surface area contributed by atoms with Crippen LogP contribution in [0.1, 0.15) is 18.8 Å². The van der Waals surface area contributed by atoms with E-state index in [1.807, 2.05) is 25.1 Å². The third-order valence-electron chi connectivity index (χ3n) is 4.85. The quantitative estimate of drug-likeness (QED) is 0.403. The molecule has 0 bridgehead atoms. The largest absolute Gasteiger partial charge is 0.358 e. The predicted molar refractivity (Wildman–Crippen MR) is 115 cm³/mol. The Labute approximate surface area is 175 Å². The molecule has 0 saturated carbocycles. The van der Waals surface area contributed by atoms with Crippen molar-refractivity contribution in [1.82, 2.24) is 29.6 Å². The summed E-state index contributed by atoms with van der Waals surface area (Å²) in [5.41, 5.74) is 4.58. The summed E-state index contributed by atoms with van der Waals surface area (Å²) >= 11 is 0. The van der Waals surface area contributed by atoms with Gasteiger partial charge in [0, 0.05) is 0 Å². The summed E-state index contributed by atoms with van der Waals surface area (Å²) in [6, 6.07) is 13.0. The van der Waals surface area contributed by atoms with Crippen molar-refractivity contribution in [3.8, 4) is 0 Å². The molecule has 0 aliphatic heterocycles.